The van der Waals surface area contributed by atoms with E-state index in [0.717, 1.165) is 36.1 Å². The monoisotopic (exact) mass is 410 g/mol. The zero-order valence-electron chi connectivity index (χ0n) is 15.2. The highest BCUT2D eigenvalue weighted by atomic mass is 35.5. The van der Waals surface area contributed by atoms with Crippen LogP contribution in [0.25, 0.3) is 0 Å². The highest BCUT2D eigenvalue weighted by molar-refractivity contribution is 8.00. The van der Waals surface area contributed by atoms with Crippen LogP contribution in [0.4, 0.5) is 0 Å². The third-order valence-electron chi connectivity index (χ3n) is 4.89. The molecule has 28 heavy (non-hydrogen) atoms. The summed E-state index contributed by atoms with van der Waals surface area (Å²) in [5, 5.41) is 1.30. The minimum absolute atomic E-state index is 0.00341. The molecule has 0 radical (unpaired) electrons. The molecule has 0 bridgehead atoms. The Bertz CT molecular complexity index is 1060. The van der Waals surface area contributed by atoms with E-state index in [1.54, 1.807) is 28.8 Å². The van der Waals surface area contributed by atoms with Crippen molar-refractivity contribution in [2.24, 2.45) is 0 Å². The van der Waals surface area contributed by atoms with E-state index < -0.39 is 0 Å². The van der Waals surface area contributed by atoms with Gasteiger partial charge in [0, 0.05) is 21.8 Å². The highest BCUT2D eigenvalue weighted by Crippen LogP contribution is 2.30. The molecule has 4 rings (SSSR count). The van der Waals surface area contributed by atoms with Gasteiger partial charge in [0.05, 0.1) is 12.3 Å². The topological polar surface area (TPSA) is 52.0 Å². The summed E-state index contributed by atoms with van der Waals surface area (Å²) in [6.45, 7) is 0.531. The number of ketones is 1. The van der Waals surface area contributed by atoms with Crippen LogP contribution >= 0.6 is 23.4 Å². The smallest absolute Gasteiger partial charge is 0.293 e. The number of fused-ring (bicyclic) bond motifs is 1. The zero-order valence-corrected chi connectivity index (χ0v) is 16.8. The molecule has 0 unspecified atom stereocenters. The van der Waals surface area contributed by atoms with Gasteiger partial charge in [0.25, 0.3) is 0 Å². The van der Waals surface area contributed by atoms with Gasteiger partial charge in [0.2, 0.25) is 0 Å². The Labute approximate surface area is 172 Å². The van der Waals surface area contributed by atoms with E-state index in [2.05, 4.69) is 4.98 Å². The maximum atomic E-state index is 12.7. The first-order valence-electron chi connectivity index (χ1n) is 9.20. The van der Waals surface area contributed by atoms with Gasteiger partial charge < -0.3 is 0 Å². The van der Waals surface area contributed by atoms with E-state index in [9.17, 15) is 9.59 Å². The predicted molar refractivity (Wildman–Crippen MR) is 113 cm³/mol. The van der Waals surface area contributed by atoms with E-state index in [4.69, 9.17) is 11.6 Å². The van der Waals surface area contributed by atoms with Crippen LogP contribution in [0, 0.1) is 0 Å². The van der Waals surface area contributed by atoms with Crippen LogP contribution in [0.3, 0.4) is 0 Å². The van der Waals surface area contributed by atoms with Crippen LogP contribution in [0.15, 0.2) is 64.4 Å². The summed E-state index contributed by atoms with van der Waals surface area (Å²) in [4.78, 5) is 29.5. The maximum Gasteiger partial charge on any atom is 0.349 e. The Hall–Kier alpha value is -2.37. The van der Waals surface area contributed by atoms with Gasteiger partial charge in [0.15, 0.2) is 5.78 Å². The molecule has 3 aromatic rings. The van der Waals surface area contributed by atoms with Crippen LogP contribution in [0.2, 0.25) is 5.02 Å². The first kappa shape index (κ1) is 19.0. The Morgan fingerprint density at radius 3 is 2.57 bits per heavy atom. The number of rotatable bonds is 6. The van der Waals surface area contributed by atoms with Crippen molar-refractivity contribution >= 4 is 29.1 Å². The lowest BCUT2D eigenvalue weighted by Gasteiger charge is -2.14. The summed E-state index contributed by atoms with van der Waals surface area (Å²) in [7, 11) is 0. The standard InChI is InChI=1S/C22H19ClN2O2S/c23-17-11-9-16(10-12-17)20(26)14-28-21-18-7-4-8-19(18)25(22(27)24-21)13-15-5-2-1-3-6-15/h1-3,5-6,9-12H,4,7-8,13-14H2. The van der Waals surface area contributed by atoms with Crippen molar-refractivity contribution in [3.8, 4) is 0 Å². The van der Waals surface area contributed by atoms with E-state index in [0.29, 0.717) is 22.2 Å². The van der Waals surface area contributed by atoms with Crippen LogP contribution in [-0.4, -0.2) is 21.1 Å². The summed E-state index contributed by atoms with van der Waals surface area (Å²) in [6.07, 6.45) is 2.78. The van der Waals surface area contributed by atoms with Crippen LogP contribution in [0.5, 0.6) is 0 Å². The van der Waals surface area contributed by atoms with E-state index in [1.807, 2.05) is 30.3 Å². The normalized spacial score (nSPS) is 12.8. The number of thioether (sulfide) groups is 1. The molecule has 0 saturated carbocycles. The SMILES string of the molecule is O=C(CSc1nc(=O)n(Cc2ccccc2)c2c1CCC2)c1ccc(Cl)cc1. The van der Waals surface area contributed by atoms with Crippen molar-refractivity contribution in [2.75, 3.05) is 5.75 Å². The summed E-state index contributed by atoms with van der Waals surface area (Å²) in [5.41, 5.74) is 3.63. The predicted octanol–water partition coefficient (Wildman–Crippen LogP) is 4.41. The Kier molecular flexibility index (Phi) is 5.64. The van der Waals surface area contributed by atoms with E-state index in [1.165, 1.54) is 11.8 Å². The molecule has 1 aliphatic rings. The van der Waals surface area contributed by atoms with Gasteiger partial charge in [-0.05, 0) is 49.1 Å². The highest BCUT2D eigenvalue weighted by Gasteiger charge is 2.22. The molecular formula is C22H19ClN2O2S. The van der Waals surface area contributed by atoms with Crippen molar-refractivity contribution in [2.45, 2.75) is 30.8 Å². The number of carbonyl (C=O) groups excluding carboxylic acids is 1. The fourth-order valence-electron chi connectivity index (χ4n) is 3.49. The first-order valence-corrected chi connectivity index (χ1v) is 10.6. The third kappa shape index (κ3) is 4.05. The number of aromatic nitrogens is 2. The van der Waals surface area contributed by atoms with Gasteiger partial charge in [0.1, 0.15) is 5.03 Å². The quantitative estimate of drug-likeness (QED) is 0.343. The lowest BCUT2D eigenvalue weighted by molar-refractivity contribution is 0.102. The maximum absolute atomic E-state index is 12.7. The minimum atomic E-state index is -0.244. The van der Waals surface area contributed by atoms with Gasteiger partial charge in [-0.25, -0.2) is 4.79 Å². The van der Waals surface area contributed by atoms with E-state index in [-0.39, 0.29) is 17.2 Å². The Balaban J connectivity index is 1.56. The number of carbonyl (C=O) groups is 1. The van der Waals surface area contributed by atoms with Gasteiger partial charge in [-0.2, -0.15) is 4.98 Å². The van der Waals surface area contributed by atoms with Crippen molar-refractivity contribution in [3.63, 3.8) is 0 Å². The summed E-state index contributed by atoms with van der Waals surface area (Å²) >= 11 is 7.24. The number of halogens is 1. The minimum Gasteiger partial charge on any atom is -0.293 e. The molecule has 2 aromatic carbocycles. The molecule has 4 nitrogen and oxygen atoms in total. The van der Waals surface area contributed by atoms with Crippen molar-refractivity contribution in [1.29, 1.82) is 0 Å². The largest absolute Gasteiger partial charge is 0.349 e. The molecule has 0 aliphatic heterocycles. The van der Waals surface area contributed by atoms with E-state index >= 15 is 0 Å². The summed E-state index contributed by atoms with van der Waals surface area (Å²) in [6, 6.07) is 16.8. The molecule has 1 heterocycles. The lowest BCUT2D eigenvalue weighted by Crippen LogP contribution is -2.27. The molecule has 6 heteroatoms. The van der Waals surface area contributed by atoms with Crippen molar-refractivity contribution in [3.05, 3.63) is 92.5 Å². The number of hydrogen-bond acceptors (Lipinski definition) is 4. The molecule has 0 saturated heterocycles. The van der Waals surface area contributed by atoms with Gasteiger partial charge >= 0.3 is 5.69 Å². The fourth-order valence-corrected chi connectivity index (χ4v) is 4.58. The molecule has 0 fully saturated rings. The summed E-state index contributed by atoms with van der Waals surface area (Å²) in [5.74, 6) is 0.257. The zero-order chi connectivity index (χ0) is 19.5. The molecule has 1 aromatic heterocycles. The van der Waals surface area contributed by atoms with Gasteiger partial charge in [-0.3, -0.25) is 9.36 Å². The molecule has 0 atom stereocenters. The summed E-state index contributed by atoms with van der Waals surface area (Å²) < 4.78 is 1.78. The fraction of sp³-hybridized carbons (Fsp3) is 0.227. The number of hydrogen-bond donors (Lipinski definition) is 0. The second kappa shape index (κ2) is 8.33. The molecular weight excluding hydrogens is 392 g/mol. The number of Topliss-reactive ketones (excluding diaryl/α,β-unsaturated/α-hetero) is 1. The number of benzene rings is 2. The average Bonchev–Trinajstić information content (AvgIpc) is 3.20. The molecule has 0 amide bonds. The van der Waals surface area contributed by atoms with Crippen LogP contribution in [-0.2, 0) is 19.4 Å². The van der Waals surface area contributed by atoms with Gasteiger partial charge in [-0.1, -0.05) is 53.7 Å². The lowest BCUT2D eigenvalue weighted by atomic mass is 10.1. The molecule has 0 N–H and O–H groups in total. The van der Waals surface area contributed by atoms with Crippen LogP contribution in [0.1, 0.15) is 33.6 Å². The number of nitrogens with zero attached hydrogens (tertiary/aromatic N) is 2. The molecule has 1 aliphatic carbocycles. The van der Waals surface area contributed by atoms with Crippen LogP contribution < -0.4 is 5.69 Å². The Morgan fingerprint density at radius 1 is 1.07 bits per heavy atom. The first-order chi connectivity index (χ1) is 13.6. The molecule has 0 spiro atoms. The van der Waals surface area contributed by atoms with Gasteiger partial charge in [-0.15, -0.1) is 0 Å². The third-order valence-corrected chi connectivity index (χ3v) is 6.16. The second-order valence-electron chi connectivity index (χ2n) is 6.77. The molecule has 142 valence electrons. The second-order valence-corrected chi connectivity index (χ2v) is 8.17. The average molecular weight is 411 g/mol. The van der Waals surface area contributed by atoms with Crippen molar-refractivity contribution < 1.29 is 4.79 Å². The Morgan fingerprint density at radius 2 is 1.82 bits per heavy atom. The van der Waals surface area contributed by atoms with Crippen molar-refractivity contribution in [1.82, 2.24) is 9.55 Å².